The van der Waals surface area contributed by atoms with Crippen LogP contribution < -0.4 is 0 Å². The van der Waals surface area contributed by atoms with Gasteiger partial charge in [-0.05, 0) is 12.8 Å². The summed E-state index contributed by atoms with van der Waals surface area (Å²) < 4.78 is 0. The lowest BCUT2D eigenvalue weighted by Crippen LogP contribution is -2.13. The topological polar surface area (TPSA) is 0 Å². The molecule has 0 aromatic heterocycles. The molecule has 62 valence electrons. The van der Waals surface area contributed by atoms with Crippen LogP contribution >= 0.6 is 0 Å². The van der Waals surface area contributed by atoms with Gasteiger partial charge in [0.15, 0.2) is 0 Å². The number of allylic oxidation sites excluding steroid dienone is 8. The van der Waals surface area contributed by atoms with Gasteiger partial charge in [0.05, 0.1) is 8.80 Å². The summed E-state index contributed by atoms with van der Waals surface area (Å²) in [6.07, 6.45) is 16.0. The molecule has 2 aliphatic carbocycles. The van der Waals surface area contributed by atoms with E-state index in [1.54, 1.807) is 10.4 Å². The molecule has 0 heterocycles. The average molecular weight is 174 g/mol. The van der Waals surface area contributed by atoms with Gasteiger partial charge in [-0.15, -0.1) is 0 Å². The molecule has 2 rings (SSSR count). The van der Waals surface area contributed by atoms with Crippen molar-refractivity contribution in [3.63, 3.8) is 0 Å². The van der Waals surface area contributed by atoms with E-state index in [1.807, 2.05) is 0 Å². The number of hydrogen-bond acceptors (Lipinski definition) is 0. The van der Waals surface area contributed by atoms with Gasteiger partial charge in [-0.3, -0.25) is 0 Å². The highest BCUT2D eigenvalue weighted by Crippen LogP contribution is 2.23. The van der Waals surface area contributed by atoms with Crippen molar-refractivity contribution < 1.29 is 0 Å². The van der Waals surface area contributed by atoms with Gasteiger partial charge >= 0.3 is 0 Å². The fraction of sp³-hybridized carbons (Fsp3) is 0.273. The third kappa shape index (κ3) is 1.37. The predicted octanol–water partition coefficient (Wildman–Crippen LogP) is 2.69. The lowest BCUT2D eigenvalue weighted by molar-refractivity contribution is 1.33. The van der Waals surface area contributed by atoms with E-state index in [0.29, 0.717) is 0 Å². The van der Waals surface area contributed by atoms with E-state index in [1.165, 1.54) is 12.8 Å². The molecular formula is C11H14Si. The van der Waals surface area contributed by atoms with Crippen LogP contribution in [-0.2, 0) is 0 Å². The summed E-state index contributed by atoms with van der Waals surface area (Å²) in [5, 5.41) is 3.40. The second-order valence-electron chi connectivity index (χ2n) is 3.47. The fourth-order valence-corrected chi connectivity index (χ4v) is 4.06. The average Bonchev–Trinajstić information content (AvgIpc) is 2.77. The maximum absolute atomic E-state index is 2.44. The molecule has 0 aliphatic heterocycles. The molecular weight excluding hydrogens is 160 g/mol. The zero-order chi connectivity index (χ0) is 8.39. The van der Waals surface area contributed by atoms with Crippen molar-refractivity contribution in [2.24, 2.45) is 0 Å². The molecule has 0 N–H and O–H groups in total. The van der Waals surface area contributed by atoms with Crippen LogP contribution in [0.3, 0.4) is 0 Å². The summed E-state index contributed by atoms with van der Waals surface area (Å²) in [5.41, 5.74) is 0. The Kier molecular flexibility index (Phi) is 2.13. The minimum atomic E-state index is -0.710. The van der Waals surface area contributed by atoms with Gasteiger partial charge in [0.1, 0.15) is 0 Å². The molecule has 0 saturated heterocycles. The molecule has 0 spiro atoms. The van der Waals surface area contributed by atoms with Crippen LogP contribution in [0.25, 0.3) is 0 Å². The summed E-state index contributed by atoms with van der Waals surface area (Å²) in [4.78, 5) is 0. The van der Waals surface area contributed by atoms with Crippen LogP contribution in [0.5, 0.6) is 0 Å². The van der Waals surface area contributed by atoms with Crippen LogP contribution in [0.1, 0.15) is 12.8 Å². The zero-order valence-corrected chi connectivity index (χ0v) is 8.61. The Morgan fingerprint density at radius 1 is 1.00 bits per heavy atom. The summed E-state index contributed by atoms with van der Waals surface area (Å²) in [7, 11) is -0.710. The Balaban J connectivity index is 2.05. The Hall–Kier alpha value is -0.823. The molecule has 0 unspecified atom stereocenters. The molecule has 0 fully saturated rings. The molecule has 0 atom stereocenters. The smallest absolute Gasteiger partial charge is 0.0809 e. The Bertz CT molecular complexity index is 262. The van der Waals surface area contributed by atoms with Crippen LogP contribution in [0.4, 0.5) is 0 Å². The van der Waals surface area contributed by atoms with Gasteiger partial charge in [0.25, 0.3) is 0 Å². The molecule has 0 bridgehead atoms. The third-order valence-electron chi connectivity index (χ3n) is 2.71. The van der Waals surface area contributed by atoms with Gasteiger partial charge in [-0.1, -0.05) is 53.4 Å². The summed E-state index contributed by atoms with van der Waals surface area (Å²) >= 11 is 0. The molecule has 0 amide bonds. The standard InChI is InChI=1S/C11H14Si/c1-12(10-6-2-3-7-10)11-8-4-5-9-11/h2-6,8,12H,7,9H2,1H3. The molecule has 0 aromatic rings. The van der Waals surface area contributed by atoms with Gasteiger partial charge in [0.2, 0.25) is 0 Å². The highest BCUT2D eigenvalue weighted by Gasteiger charge is 2.16. The quantitative estimate of drug-likeness (QED) is 0.565. The second kappa shape index (κ2) is 3.28. The number of rotatable bonds is 2. The molecule has 2 aliphatic rings. The van der Waals surface area contributed by atoms with Crippen molar-refractivity contribution in [2.75, 3.05) is 0 Å². The van der Waals surface area contributed by atoms with E-state index in [4.69, 9.17) is 0 Å². The summed E-state index contributed by atoms with van der Waals surface area (Å²) in [5.74, 6) is 0. The number of hydrogen-bond donors (Lipinski definition) is 0. The molecule has 12 heavy (non-hydrogen) atoms. The fourth-order valence-electron chi connectivity index (χ4n) is 1.81. The van der Waals surface area contributed by atoms with Crippen molar-refractivity contribution in [1.29, 1.82) is 0 Å². The third-order valence-corrected chi connectivity index (χ3v) is 5.79. The molecule has 1 heteroatoms. The Morgan fingerprint density at radius 2 is 1.50 bits per heavy atom. The molecule has 0 nitrogen and oxygen atoms in total. The first-order chi connectivity index (χ1) is 5.88. The van der Waals surface area contributed by atoms with Crippen LogP contribution in [0, 0.1) is 0 Å². The van der Waals surface area contributed by atoms with Crippen molar-refractivity contribution in [1.82, 2.24) is 0 Å². The molecule has 0 aromatic carbocycles. The van der Waals surface area contributed by atoms with Crippen molar-refractivity contribution >= 4 is 8.80 Å². The monoisotopic (exact) mass is 174 g/mol. The van der Waals surface area contributed by atoms with Crippen LogP contribution in [0.2, 0.25) is 6.55 Å². The van der Waals surface area contributed by atoms with E-state index >= 15 is 0 Å². The van der Waals surface area contributed by atoms with Crippen LogP contribution in [-0.4, -0.2) is 8.80 Å². The van der Waals surface area contributed by atoms with Gasteiger partial charge in [-0.2, -0.15) is 0 Å². The maximum Gasteiger partial charge on any atom is 0.0903 e. The first-order valence-electron chi connectivity index (χ1n) is 4.59. The Morgan fingerprint density at radius 3 is 1.83 bits per heavy atom. The minimum Gasteiger partial charge on any atom is -0.0809 e. The van der Waals surface area contributed by atoms with Crippen LogP contribution in [0.15, 0.2) is 46.8 Å². The predicted molar refractivity (Wildman–Crippen MR) is 56.7 cm³/mol. The van der Waals surface area contributed by atoms with E-state index in [0.717, 1.165) is 0 Å². The first-order valence-corrected chi connectivity index (χ1v) is 6.90. The molecule has 0 saturated carbocycles. The highest BCUT2D eigenvalue weighted by atomic mass is 28.3. The largest absolute Gasteiger partial charge is 0.0903 e. The van der Waals surface area contributed by atoms with Gasteiger partial charge in [0, 0.05) is 0 Å². The normalized spacial score (nSPS) is 20.5. The lowest BCUT2D eigenvalue weighted by Gasteiger charge is -2.12. The minimum absolute atomic E-state index is 0.710. The van der Waals surface area contributed by atoms with E-state index in [9.17, 15) is 0 Å². The van der Waals surface area contributed by atoms with Gasteiger partial charge in [-0.25, -0.2) is 0 Å². The van der Waals surface area contributed by atoms with Crippen molar-refractivity contribution in [3.8, 4) is 0 Å². The second-order valence-corrected chi connectivity index (χ2v) is 6.40. The maximum atomic E-state index is 2.44. The Labute approximate surface area is 75.6 Å². The highest BCUT2D eigenvalue weighted by molar-refractivity contribution is 6.73. The van der Waals surface area contributed by atoms with Crippen molar-refractivity contribution in [3.05, 3.63) is 46.8 Å². The van der Waals surface area contributed by atoms with Gasteiger partial charge < -0.3 is 0 Å². The molecule has 0 radical (unpaired) electrons. The van der Waals surface area contributed by atoms with E-state index in [-0.39, 0.29) is 0 Å². The van der Waals surface area contributed by atoms with E-state index < -0.39 is 8.80 Å². The lowest BCUT2D eigenvalue weighted by atomic mass is 10.5. The van der Waals surface area contributed by atoms with E-state index in [2.05, 4.69) is 43.0 Å². The van der Waals surface area contributed by atoms with Crippen molar-refractivity contribution in [2.45, 2.75) is 19.4 Å². The zero-order valence-electron chi connectivity index (χ0n) is 7.46. The first kappa shape index (κ1) is 7.81. The summed E-state index contributed by atoms with van der Waals surface area (Å²) in [6.45, 7) is 2.44. The summed E-state index contributed by atoms with van der Waals surface area (Å²) in [6, 6.07) is 0. The SMILES string of the molecule is C[SiH](C1=CC=CC1)C1=CC=CC1.